The van der Waals surface area contributed by atoms with Gasteiger partial charge in [0.2, 0.25) is 0 Å². The summed E-state index contributed by atoms with van der Waals surface area (Å²) >= 11 is 0. The molecule has 2 N–H and O–H groups in total. The topological polar surface area (TPSA) is 76.4 Å². The number of rotatable bonds is 3. The average molecular weight is 225 g/mol. The number of aliphatic carboxylic acids is 1. The minimum Gasteiger partial charge on any atom is -0.493 e. The number of methoxy groups -OCH3 is 1. The van der Waals surface area contributed by atoms with Crippen LogP contribution in [0.5, 0.6) is 5.75 Å². The Morgan fingerprint density at radius 1 is 1.69 bits per heavy atom. The normalized spacial score (nSPS) is 24.6. The molecule has 1 aromatic heterocycles. The maximum atomic E-state index is 10.8. The van der Waals surface area contributed by atoms with E-state index in [0.29, 0.717) is 12.2 Å². The minimum absolute atomic E-state index is 0.00329. The van der Waals surface area contributed by atoms with Gasteiger partial charge in [-0.3, -0.25) is 14.8 Å². The minimum atomic E-state index is -0.802. The SMILES string of the molecule is COc1cnn(C)c1C1CCC(C(=O)O)N1. The van der Waals surface area contributed by atoms with E-state index in [9.17, 15) is 4.79 Å². The van der Waals surface area contributed by atoms with Crippen molar-refractivity contribution >= 4 is 5.97 Å². The van der Waals surface area contributed by atoms with Crippen molar-refractivity contribution in [1.29, 1.82) is 0 Å². The molecule has 0 amide bonds. The highest BCUT2D eigenvalue weighted by molar-refractivity contribution is 5.74. The van der Waals surface area contributed by atoms with Crippen LogP contribution in [0, 0.1) is 0 Å². The molecule has 2 heterocycles. The van der Waals surface area contributed by atoms with E-state index in [-0.39, 0.29) is 6.04 Å². The maximum absolute atomic E-state index is 10.8. The zero-order valence-electron chi connectivity index (χ0n) is 9.30. The van der Waals surface area contributed by atoms with Crippen molar-refractivity contribution in [1.82, 2.24) is 15.1 Å². The summed E-state index contributed by atoms with van der Waals surface area (Å²) in [5.41, 5.74) is 0.909. The van der Waals surface area contributed by atoms with Crippen LogP contribution in [0.2, 0.25) is 0 Å². The smallest absolute Gasteiger partial charge is 0.320 e. The fourth-order valence-electron chi connectivity index (χ4n) is 2.13. The first-order valence-corrected chi connectivity index (χ1v) is 5.18. The number of nitrogens with one attached hydrogen (secondary N) is 1. The van der Waals surface area contributed by atoms with Crippen LogP contribution in [0.25, 0.3) is 0 Å². The second kappa shape index (κ2) is 4.13. The third-order valence-corrected chi connectivity index (χ3v) is 2.94. The van der Waals surface area contributed by atoms with Crippen LogP contribution in [0.1, 0.15) is 24.6 Å². The number of carboxylic acids is 1. The van der Waals surface area contributed by atoms with Crippen molar-refractivity contribution < 1.29 is 14.6 Å². The Hall–Kier alpha value is -1.56. The number of carbonyl (C=O) groups is 1. The summed E-state index contributed by atoms with van der Waals surface area (Å²) in [5, 5.41) is 16.1. The van der Waals surface area contributed by atoms with Crippen molar-refractivity contribution in [3.05, 3.63) is 11.9 Å². The molecule has 2 atom stereocenters. The third-order valence-electron chi connectivity index (χ3n) is 2.94. The molecule has 0 aromatic carbocycles. The van der Waals surface area contributed by atoms with Crippen LogP contribution in [-0.2, 0) is 11.8 Å². The molecule has 0 aliphatic carbocycles. The molecular weight excluding hydrogens is 210 g/mol. The molecule has 6 nitrogen and oxygen atoms in total. The lowest BCUT2D eigenvalue weighted by Crippen LogP contribution is -2.32. The molecular formula is C10H15N3O3. The Bertz CT molecular complexity index is 402. The van der Waals surface area contributed by atoms with Gasteiger partial charge in [0.15, 0.2) is 5.75 Å². The summed E-state index contributed by atoms with van der Waals surface area (Å²) < 4.78 is 6.93. The van der Waals surface area contributed by atoms with Gasteiger partial charge >= 0.3 is 5.97 Å². The molecule has 1 aliphatic heterocycles. The van der Waals surface area contributed by atoms with E-state index < -0.39 is 12.0 Å². The molecule has 6 heteroatoms. The lowest BCUT2D eigenvalue weighted by Gasteiger charge is -2.13. The molecule has 0 bridgehead atoms. The summed E-state index contributed by atoms with van der Waals surface area (Å²) in [5.74, 6) is -0.102. The highest BCUT2D eigenvalue weighted by atomic mass is 16.5. The molecule has 1 fully saturated rings. The summed E-state index contributed by atoms with van der Waals surface area (Å²) in [6.45, 7) is 0. The Morgan fingerprint density at radius 2 is 2.44 bits per heavy atom. The van der Waals surface area contributed by atoms with Crippen molar-refractivity contribution in [3.63, 3.8) is 0 Å². The predicted molar refractivity (Wildman–Crippen MR) is 56.3 cm³/mol. The summed E-state index contributed by atoms with van der Waals surface area (Å²) in [4.78, 5) is 10.8. The fourth-order valence-corrected chi connectivity index (χ4v) is 2.13. The number of hydrogen-bond acceptors (Lipinski definition) is 4. The molecule has 2 rings (SSSR count). The van der Waals surface area contributed by atoms with Crippen LogP contribution in [0.4, 0.5) is 0 Å². The molecule has 0 radical (unpaired) electrons. The second-order valence-corrected chi connectivity index (χ2v) is 3.91. The number of carboxylic acid groups (broad SMARTS) is 1. The number of ether oxygens (including phenoxy) is 1. The van der Waals surface area contributed by atoms with E-state index >= 15 is 0 Å². The lowest BCUT2D eigenvalue weighted by molar-refractivity contribution is -0.139. The van der Waals surface area contributed by atoms with Gasteiger partial charge in [-0.15, -0.1) is 0 Å². The quantitative estimate of drug-likeness (QED) is 0.774. The number of aromatic nitrogens is 2. The van der Waals surface area contributed by atoms with Gasteiger partial charge in [0.1, 0.15) is 6.04 Å². The van der Waals surface area contributed by atoms with Gasteiger partial charge in [-0.25, -0.2) is 0 Å². The maximum Gasteiger partial charge on any atom is 0.320 e. The number of nitrogens with zero attached hydrogens (tertiary/aromatic N) is 2. The molecule has 2 unspecified atom stereocenters. The van der Waals surface area contributed by atoms with Gasteiger partial charge in [0, 0.05) is 7.05 Å². The molecule has 0 spiro atoms. The van der Waals surface area contributed by atoms with Crippen LogP contribution >= 0.6 is 0 Å². The van der Waals surface area contributed by atoms with Gasteiger partial charge in [-0.05, 0) is 12.8 Å². The molecule has 1 saturated heterocycles. The summed E-state index contributed by atoms with van der Waals surface area (Å²) in [7, 11) is 3.41. The first kappa shape index (κ1) is 10.9. The van der Waals surface area contributed by atoms with Gasteiger partial charge in [0.25, 0.3) is 0 Å². The van der Waals surface area contributed by atoms with Crippen molar-refractivity contribution in [2.75, 3.05) is 7.11 Å². The molecule has 1 aliphatic rings. The van der Waals surface area contributed by atoms with Gasteiger partial charge < -0.3 is 9.84 Å². The first-order chi connectivity index (χ1) is 7.63. The number of aryl methyl sites for hydroxylation is 1. The third kappa shape index (κ3) is 1.76. The number of hydrogen-bond donors (Lipinski definition) is 2. The fraction of sp³-hybridized carbons (Fsp3) is 0.600. The standard InChI is InChI=1S/C10H15N3O3/c1-13-9(8(16-2)5-11-13)6-3-4-7(12-6)10(14)15/h5-7,12H,3-4H2,1-2H3,(H,14,15). The zero-order chi connectivity index (χ0) is 11.7. The van der Waals surface area contributed by atoms with Gasteiger partial charge in [0.05, 0.1) is 25.0 Å². The van der Waals surface area contributed by atoms with Crippen LogP contribution < -0.4 is 10.1 Å². The monoisotopic (exact) mass is 225 g/mol. The van der Waals surface area contributed by atoms with Gasteiger partial charge in [-0.1, -0.05) is 0 Å². The zero-order valence-corrected chi connectivity index (χ0v) is 9.30. The molecule has 0 saturated carbocycles. The van der Waals surface area contributed by atoms with Crippen LogP contribution in [0.3, 0.4) is 0 Å². The van der Waals surface area contributed by atoms with Crippen molar-refractivity contribution in [2.24, 2.45) is 7.05 Å². The predicted octanol–water partition coefficient (Wildman–Crippen LogP) is 0.306. The summed E-state index contributed by atoms with van der Waals surface area (Å²) in [6.07, 6.45) is 3.06. The summed E-state index contributed by atoms with van der Waals surface area (Å²) in [6, 6.07) is -0.465. The largest absolute Gasteiger partial charge is 0.493 e. The second-order valence-electron chi connectivity index (χ2n) is 3.91. The Kier molecular flexibility index (Phi) is 2.82. The van der Waals surface area contributed by atoms with Crippen molar-refractivity contribution in [3.8, 4) is 5.75 Å². The van der Waals surface area contributed by atoms with E-state index in [1.165, 1.54) is 0 Å². The van der Waals surface area contributed by atoms with E-state index in [2.05, 4.69) is 10.4 Å². The Morgan fingerprint density at radius 3 is 3.00 bits per heavy atom. The van der Waals surface area contributed by atoms with E-state index in [0.717, 1.165) is 12.1 Å². The highest BCUT2D eigenvalue weighted by Gasteiger charge is 2.32. The lowest BCUT2D eigenvalue weighted by atomic mass is 10.1. The van der Waals surface area contributed by atoms with E-state index in [4.69, 9.17) is 9.84 Å². The molecule has 1 aromatic rings. The molecule has 88 valence electrons. The van der Waals surface area contributed by atoms with Crippen LogP contribution in [-0.4, -0.2) is 34.0 Å². The van der Waals surface area contributed by atoms with E-state index in [1.54, 1.807) is 18.0 Å². The van der Waals surface area contributed by atoms with Gasteiger partial charge in [-0.2, -0.15) is 5.10 Å². The van der Waals surface area contributed by atoms with Crippen LogP contribution in [0.15, 0.2) is 6.20 Å². The van der Waals surface area contributed by atoms with Crippen molar-refractivity contribution in [2.45, 2.75) is 24.9 Å². The Balaban J connectivity index is 2.19. The van der Waals surface area contributed by atoms with E-state index in [1.807, 2.05) is 7.05 Å². The molecule has 16 heavy (non-hydrogen) atoms. The first-order valence-electron chi connectivity index (χ1n) is 5.18. The highest BCUT2D eigenvalue weighted by Crippen LogP contribution is 2.32. The average Bonchev–Trinajstić information content (AvgIpc) is 2.83. The Labute approximate surface area is 93.2 Å².